The van der Waals surface area contributed by atoms with E-state index in [1.807, 2.05) is 36.4 Å². The summed E-state index contributed by atoms with van der Waals surface area (Å²) in [6.07, 6.45) is 8.99. The average Bonchev–Trinajstić information content (AvgIpc) is 3.69. The van der Waals surface area contributed by atoms with Crippen LogP contribution in [0, 0.1) is 0 Å². The summed E-state index contributed by atoms with van der Waals surface area (Å²) in [7, 11) is 0. The first-order valence-electron chi connectivity index (χ1n) is 16.4. The molecule has 0 amide bonds. The molecule has 2 aromatic heterocycles. The minimum absolute atomic E-state index is 0.202. The van der Waals surface area contributed by atoms with Gasteiger partial charge in [0.2, 0.25) is 0 Å². The lowest BCUT2D eigenvalue weighted by atomic mass is 9.90. The fourth-order valence-corrected chi connectivity index (χ4v) is 7.56. The maximum atomic E-state index is 6.64. The number of hydrogen-bond acceptors (Lipinski definition) is 4. The molecule has 4 nitrogen and oxygen atoms in total. The zero-order valence-electron chi connectivity index (χ0n) is 26.0. The van der Waals surface area contributed by atoms with Crippen LogP contribution < -0.4 is 4.90 Å². The van der Waals surface area contributed by atoms with E-state index < -0.39 is 0 Å². The Bertz CT molecular complexity index is 2530. The van der Waals surface area contributed by atoms with Crippen LogP contribution in [-0.4, -0.2) is 16.0 Å². The molecule has 3 heterocycles. The molecule has 1 aliphatic carbocycles. The summed E-state index contributed by atoms with van der Waals surface area (Å²) in [4.78, 5) is 12.6. The Balaban J connectivity index is 1.14. The third-order valence-corrected chi connectivity index (χ3v) is 9.78. The van der Waals surface area contributed by atoms with Crippen molar-refractivity contribution in [2.75, 3.05) is 4.90 Å². The van der Waals surface area contributed by atoms with Crippen molar-refractivity contribution in [2.24, 2.45) is 0 Å². The van der Waals surface area contributed by atoms with Gasteiger partial charge >= 0.3 is 0 Å². The molecular weight excluding hydrogens is 587 g/mol. The van der Waals surface area contributed by atoms with E-state index in [0.717, 1.165) is 55.7 Å². The number of hydrogen-bond donors (Lipinski definition) is 0. The van der Waals surface area contributed by atoms with Crippen molar-refractivity contribution in [3.8, 4) is 33.9 Å². The van der Waals surface area contributed by atoms with Crippen molar-refractivity contribution >= 4 is 44.1 Å². The molecule has 1 aliphatic heterocycles. The van der Waals surface area contributed by atoms with Crippen LogP contribution in [0.4, 0.5) is 11.4 Å². The molecule has 0 spiro atoms. The monoisotopic (exact) mass is 615 g/mol. The van der Waals surface area contributed by atoms with Crippen molar-refractivity contribution in [3.05, 3.63) is 169 Å². The highest BCUT2D eigenvalue weighted by atomic mass is 16.3. The minimum atomic E-state index is 0.202. The number of nitrogens with zero attached hydrogens (tertiary/aromatic N) is 3. The van der Waals surface area contributed by atoms with Crippen LogP contribution in [0.1, 0.15) is 11.5 Å². The zero-order chi connectivity index (χ0) is 31.6. The van der Waals surface area contributed by atoms with Crippen molar-refractivity contribution in [1.82, 2.24) is 9.97 Å². The molecule has 0 saturated heterocycles. The smallest absolute Gasteiger partial charge is 0.160 e. The van der Waals surface area contributed by atoms with E-state index >= 15 is 0 Å². The number of fused-ring (bicyclic) bond motifs is 7. The molecule has 10 rings (SSSR count). The molecule has 0 bridgehead atoms. The summed E-state index contributed by atoms with van der Waals surface area (Å²) in [6, 6.07) is 49.1. The van der Waals surface area contributed by atoms with Gasteiger partial charge in [-0.05, 0) is 52.7 Å². The Kier molecular flexibility index (Phi) is 5.97. The van der Waals surface area contributed by atoms with E-state index in [2.05, 4.69) is 132 Å². The van der Waals surface area contributed by atoms with Gasteiger partial charge in [0.15, 0.2) is 5.82 Å². The standard InChI is InChI=1S/C44H29N3O/c1-3-12-28(13-4-1)37-27-38(46-44(45-37)29-14-5-2-6-15-29)34-19-11-21-41-43(34)35-23-22-32(26-42(35)48-41)47-39-20-10-9-18-33(39)36-24-30-16-7-8-17-31(30)25-40(36)47/h1-27,33,39H. The molecule has 226 valence electrons. The van der Waals surface area contributed by atoms with Crippen LogP contribution in [0.3, 0.4) is 0 Å². The van der Waals surface area contributed by atoms with Gasteiger partial charge in [0.1, 0.15) is 11.2 Å². The fourth-order valence-electron chi connectivity index (χ4n) is 7.56. The number of benzene rings is 6. The summed E-state index contributed by atoms with van der Waals surface area (Å²) < 4.78 is 6.64. The van der Waals surface area contributed by atoms with Crippen molar-refractivity contribution in [2.45, 2.75) is 12.0 Å². The molecule has 0 N–H and O–H groups in total. The molecule has 48 heavy (non-hydrogen) atoms. The number of aromatic nitrogens is 2. The first-order valence-corrected chi connectivity index (χ1v) is 16.4. The second kappa shape index (κ2) is 10.6. The molecule has 0 saturated carbocycles. The van der Waals surface area contributed by atoms with E-state index in [-0.39, 0.29) is 6.04 Å². The quantitative estimate of drug-likeness (QED) is 0.198. The Morgan fingerprint density at radius 2 is 1.29 bits per heavy atom. The predicted octanol–water partition coefficient (Wildman–Crippen LogP) is 11.3. The zero-order valence-corrected chi connectivity index (χ0v) is 26.0. The first kappa shape index (κ1) is 26.9. The van der Waals surface area contributed by atoms with Gasteiger partial charge in [-0.3, -0.25) is 0 Å². The lowest BCUT2D eigenvalue weighted by Gasteiger charge is -2.28. The van der Waals surface area contributed by atoms with E-state index in [1.165, 1.54) is 22.0 Å². The van der Waals surface area contributed by atoms with E-state index in [0.29, 0.717) is 11.7 Å². The lowest BCUT2D eigenvalue weighted by molar-refractivity contribution is 0.668. The van der Waals surface area contributed by atoms with Crippen molar-refractivity contribution in [1.29, 1.82) is 0 Å². The molecule has 0 fully saturated rings. The number of allylic oxidation sites excluding steroid dienone is 2. The summed E-state index contributed by atoms with van der Waals surface area (Å²) in [5, 5.41) is 4.65. The second-order valence-corrected chi connectivity index (χ2v) is 12.6. The maximum Gasteiger partial charge on any atom is 0.160 e. The van der Waals surface area contributed by atoms with Gasteiger partial charge in [0.25, 0.3) is 0 Å². The SMILES string of the molecule is C1=CC2c3cc4ccccc4cc3N(c3ccc4c(c3)oc3cccc(-c5cc(-c6ccccc6)nc(-c6ccccc6)n5)c34)C2C=C1. The molecule has 6 aromatic carbocycles. The first-order chi connectivity index (χ1) is 23.8. The van der Waals surface area contributed by atoms with Gasteiger partial charge in [-0.25, -0.2) is 9.97 Å². The number of furan rings is 1. The highest BCUT2D eigenvalue weighted by molar-refractivity contribution is 6.13. The minimum Gasteiger partial charge on any atom is -0.456 e. The molecule has 2 atom stereocenters. The molecular formula is C44H29N3O. The van der Waals surface area contributed by atoms with Crippen LogP contribution in [0.5, 0.6) is 0 Å². The summed E-state index contributed by atoms with van der Waals surface area (Å²) in [6.45, 7) is 0. The van der Waals surface area contributed by atoms with Crippen molar-refractivity contribution < 1.29 is 4.42 Å². The molecule has 2 aliphatic rings. The Labute approximate surface area is 277 Å². The summed E-state index contributed by atoms with van der Waals surface area (Å²) in [5.74, 6) is 0.992. The maximum absolute atomic E-state index is 6.64. The third kappa shape index (κ3) is 4.23. The second-order valence-electron chi connectivity index (χ2n) is 12.6. The lowest BCUT2D eigenvalue weighted by Crippen LogP contribution is -2.28. The van der Waals surface area contributed by atoms with Gasteiger partial charge in [-0.1, -0.05) is 121 Å². The molecule has 2 unspecified atom stereocenters. The molecule has 0 radical (unpaired) electrons. The predicted molar refractivity (Wildman–Crippen MR) is 197 cm³/mol. The number of rotatable bonds is 4. The third-order valence-electron chi connectivity index (χ3n) is 9.78. The van der Waals surface area contributed by atoms with Gasteiger partial charge in [-0.15, -0.1) is 0 Å². The Morgan fingerprint density at radius 3 is 2.12 bits per heavy atom. The molecule has 8 aromatic rings. The van der Waals surface area contributed by atoms with Crippen LogP contribution in [0.2, 0.25) is 0 Å². The average molecular weight is 616 g/mol. The van der Waals surface area contributed by atoms with Crippen LogP contribution in [0.25, 0.3) is 66.6 Å². The highest BCUT2D eigenvalue weighted by Gasteiger charge is 2.37. The van der Waals surface area contributed by atoms with Crippen LogP contribution in [0.15, 0.2) is 168 Å². The summed E-state index contributed by atoms with van der Waals surface area (Å²) >= 11 is 0. The van der Waals surface area contributed by atoms with E-state index in [9.17, 15) is 0 Å². The fraction of sp³-hybridized carbons (Fsp3) is 0.0455. The Morgan fingerprint density at radius 1 is 0.562 bits per heavy atom. The van der Waals surface area contributed by atoms with E-state index in [1.54, 1.807) is 0 Å². The largest absolute Gasteiger partial charge is 0.456 e. The molecule has 4 heteroatoms. The van der Waals surface area contributed by atoms with Crippen molar-refractivity contribution in [3.63, 3.8) is 0 Å². The van der Waals surface area contributed by atoms with Gasteiger partial charge in [0, 0.05) is 50.8 Å². The normalized spacial score (nSPS) is 16.5. The topological polar surface area (TPSA) is 42.2 Å². The Hall–Kier alpha value is -6.26. The highest BCUT2D eigenvalue weighted by Crippen LogP contribution is 2.50. The van der Waals surface area contributed by atoms with Crippen LogP contribution in [-0.2, 0) is 0 Å². The van der Waals surface area contributed by atoms with Crippen LogP contribution >= 0.6 is 0 Å². The van der Waals surface area contributed by atoms with Gasteiger partial charge in [0.05, 0.1) is 17.4 Å². The number of anilines is 2. The van der Waals surface area contributed by atoms with Gasteiger partial charge < -0.3 is 9.32 Å². The summed E-state index contributed by atoms with van der Waals surface area (Å²) in [5.41, 5.74) is 10.2. The van der Waals surface area contributed by atoms with Gasteiger partial charge in [-0.2, -0.15) is 0 Å². The van der Waals surface area contributed by atoms with E-state index in [4.69, 9.17) is 14.4 Å².